The zero-order valence-electron chi connectivity index (χ0n) is 55.2. The fourth-order valence-corrected chi connectivity index (χ4v) is 12.2. The van der Waals surface area contributed by atoms with Gasteiger partial charge in [-0.3, -0.25) is 4.79 Å². The molecule has 1 fully saturated rings. The Bertz CT molecular complexity index is 1360. The van der Waals surface area contributed by atoms with Crippen LogP contribution in [0.15, 0.2) is 24.3 Å². The molecule has 492 valence electrons. The molecule has 1 aliphatic heterocycles. The summed E-state index contributed by atoms with van der Waals surface area (Å²) in [6, 6.07) is -0.805. The number of hydrogen-bond donors (Lipinski definition) is 6. The molecule has 0 aliphatic carbocycles. The highest BCUT2D eigenvalue weighted by Crippen LogP contribution is 2.24. The molecule has 1 saturated heterocycles. The van der Waals surface area contributed by atoms with Gasteiger partial charge in [0.25, 0.3) is 0 Å². The molecule has 0 radical (unpaired) electrons. The van der Waals surface area contributed by atoms with Crippen molar-refractivity contribution in [2.75, 3.05) is 13.2 Å². The molecule has 0 spiro atoms. The van der Waals surface area contributed by atoms with Crippen molar-refractivity contribution in [3.63, 3.8) is 0 Å². The summed E-state index contributed by atoms with van der Waals surface area (Å²) < 4.78 is 11.3. The fourth-order valence-electron chi connectivity index (χ4n) is 12.2. The van der Waals surface area contributed by atoms with Gasteiger partial charge in [0.05, 0.1) is 25.4 Å². The predicted octanol–water partition coefficient (Wildman–Crippen LogP) is 20.4. The van der Waals surface area contributed by atoms with Gasteiger partial charge in [-0.1, -0.05) is 359 Å². The zero-order chi connectivity index (χ0) is 60.0. The molecule has 1 aliphatic rings. The van der Waals surface area contributed by atoms with Crippen molar-refractivity contribution in [2.24, 2.45) is 0 Å². The van der Waals surface area contributed by atoms with Crippen LogP contribution in [0.1, 0.15) is 386 Å². The van der Waals surface area contributed by atoms with Crippen molar-refractivity contribution in [1.82, 2.24) is 5.32 Å². The topological polar surface area (TPSA) is 149 Å². The van der Waals surface area contributed by atoms with Crippen molar-refractivity contribution in [2.45, 2.75) is 429 Å². The quantitative estimate of drug-likeness (QED) is 0.0261. The molecule has 0 aromatic carbocycles. The lowest BCUT2D eigenvalue weighted by atomic mass is 9.99. The summed E-state index contributed by atoms with van der Waals surface area (Å²) in [5, 5.41) is 54.8. The maximum atomic E-state index is 13.1. The molecule has 0 saturated carbocycles. The van der Waals surface area contributed by atoms with Gasteiger partial charge < -0.3 is 40.3 Å². The summed E-state index contributed by atoms with van der Waals surface area (Å²) >= 11 is 0. The number of aliphatic hydroxyl groups excluding tert-OH is 5. The number of allylic oxidation sites excluding steroid dienone is 3. The van der Waals surface area contributed by atoms with E-state index in [-0.39, 0.29) is 12.5 Å². The Hall–Kier alpha value is -1.33. The van der Waals surface area contributed by atoms with Gasteiger partial charge in [0, 0.05) is 6.42 Å². The minimum absolute atomic E-state index is 0.169. The normalized spacial score (nSPS) is 18.3. The molecule has 1 heterocycles. The van der Waals surface area contributed by atoms with E-state index in [1.807, 2.05) is 6.08 Å². The molecule has 9 heteroatoms. The maximum absolute atomic E-state index is 13.1. The lowest BCUT2D eigenvalue weighted by Crippen LogP contribution is -2.60. The first-order valence-electron chi connectivity index (χ1n) is 37.1. The third kappa shape index (κ3) is 52.3. The Morgan fingerprint density at radius 2 is 0.675 bits per heavy atom. The largest absolute Gasteiger partial charge is 0.394 e. The molecule has 0 aromatic heterocycles. The van der Waals surface area contributed by atoms with E-state index >= 15 is 0 Å². The highest BCUT2D eigenvalue weighted by Gasteiger charge is 2.44. The number of carbonyl (C=O) groups excluding carboxylic acids is 1. The molecule has 83 heavy (non-hydrogen) atoms. The second-order valence-corrected chi connectivity index (χ2v) is 26.1. The van der Waals surface area contributed by atoms with Crippen LogP contribution in [0, 0.1) is 0 Å². The van der Waals surface area contributed by atoms with Crippen LogP contribution in [0.5, 0.6) is 0 Å². The average molecular weight is 1170 g/mol. The van der Waals surface area contributed by atoms with Gasteiger partial charge in [-0.15, -0.1) is 0 Å². The third-order valence-electron chi connectivity index (χ3n) is 18.0. The zero-order valence-corrected chi connectivity index (χ0v) is 55.2. The Labute approximate surface area is 515 Å². The number of ether oxygens (including phenoxy) is 2. The van der Waals surface area contributed by atoms with Crippen molar-refractivity contribution in [1.29, 1.82) is 0 Å². The monoisotopic (exact) mass is 1170 g/mol. The van der Waals surface area contributed by atoms with E-state index in [2.05, 4.69) is 31.3 Å². The van der Waals surface area contributed by atoms with E-state index in [0.29, 0.717) is 6.42 Å². The van der Waals surface area contributed by atoms with Crippen molar-refractivity contribution < 1.29 is 39.8 Å². The summed E-state index contributed by atoms with van der Waals surface area (Å²) in [5.41, 5.74) is 0. The third-order valence-corrected chi connectivity index (χ3v) is 18.0. The first-order valence-corrected chi connectivity index (χ1v) is 37.1. The van der Waals surface area contributed by atoms with E-state index in [4.69, 9.17) is 9.47 Å². The van der Waals surface area contributed by atoms with Gasteiger partial charge in [0.1, 0.15) is 24.4 Å². The molecule has 6 N–H and O–H groups in total. The summed E-state index contributed by atoms with van der Waals surface area (Å²) in [7, 11) is 0. The van der Waals surface area contributed by atoms with Crippen LogP contribution >= 0.6 is 0 Å². The van der Waals surface area contributed by atoms with Crippen LogP contribution in [0.4, 0.5) is 0 Å². The lowest BCUT2D eigenvalue weighted by Gasteiger charge is -2.40. The number of aliphatic hydroxyl groups is 5. The Morgan fingerprint density at radius 1 is 0.398 bits per heavy atom. The fraction of sp³-hybridized carbons (Fsp3) is 0.932. The van der Waals surface area contributed by atoms with Gasteiger partial charge in [-0.25, -0.2) is 0 Å². The molecular weight excluding hydrogens is 1030 g/mol. The molecule has 1 rings (SSSR count). The smallest absolute Gasteiger partial charge is 0.220 e. The molecule has 0 bridgehead atoms. The van der Waals surface area contributed by atoms with Gasteiger partial charge in [0.2, 0.25) is 5.91 Å². The number of rotatable bonds is 66. The maximum Gasteiger partial charge on any atom is 0.220 e. The summed E-state index contributed by atoms with van der Waals surface area (Å²) in [5.74, 6) is -0.169. The van der Waals surface area contributed by atoms with Crippen LogP contribution in [-0.2, 0) is 14.3 Å². The first kappa shape index (κ1) is 79.7. The van der Waals surface area contributed by atoms with Crippen molar-refractivity contribution in [3.05, 3.63) is 24.3 Å². The molecule has 7 atom stereocenters. The lowest BCUT2D eigenvalue weighted by molar-refractivity contribution is -0.302. The van der Waals surface area contributed by atoms with Crippen LogP contribution in [-0.4, -0.2) is 87.5 Å². The Kier molecular flexibility index (Phi) is 61.1. The van der Waals surface area contributed by atoms with E-state index < -0.39 is 49.5 Å². The Morgan fingerprint density at radius 3 is 0.976 bits per heavy atom. The molecule has 7 unspecified atom stereocenters. The van der Waals surface area contributed by atoms with E-state index in [1.54, 1.807) is 6.08 Å². The minimum atomic E-state index is -1.57. The van der Waals surface area contributed by atoms with Crippen LogP contribution in [0.25, 0.3) is 0 Å². The van der Waals surface area contributed by atoms with Gasteiger partial charge >= 0.3 is 0 Å². The minimum Gasteiger partial charge on any atom is -0.394 e. The number of carbonyl (C=O) groups is 1. The molecular formula is C74H143NO8. The highest BCUT2D eigenvalue weighted by molar-refractivity contribution is 5.76. The van der Waals surface area contributed by atoms with E-state index in [9.17, 15) is 30.3 Å². The highest BCUT2D eigenvalue weighted by atomic mass is 16.7. The average Bonchev–Trinajstić information content (AvgIpc) is 3.60. The number of hydrogen-bond acceptors (Lipinski definition) is 8. The number of amides is 1. The van der Waals surface area contributed by atoms with E-state index in [0.717, 1.165) is 38.5 Å². The Balaban J connectivity index is 2.10. The molecule has 9 nitrogen and oxygen atoms in total. The summed E-state index contributed by atoms with van der Waals surface area (Å²) in [4.78, 5) is 13.1. The number of unbranched alkanes of at least 4 members (excludes halogenated alkanes) is 54. The van der Waals surface area contributed by atoms with Crippen LogP contribution in [0.2, 0.25) is 0 Å². The standard InChI is InChI=1S/C74H143NO8/c1-3-5-7-9-11-13-15-17-19-21-23-25-27-29-31-32-33-34-35-36-38-39-41-43-45-47-49-51-53-55-57-59-61-63-68(77)67(66-82-74-73(81)72(80)71(79)69(65-76)83-74)75-70(78)64-62-60-58-56-54-52-50-48-46-44-42-40-37-30-28-26-24-22-20-18-16-14-12-10-8-6-4-2/h22,24,61,63,67-69,71-74,76-77,79-81H,3-21,23,25-60,62,64-66H2,1-2H3,(H,75,78)/b24-22-,63-61+. The van der Waals surface area contributed by atoms with Gasteiger partial charge in [-0.05, 0) is 44.9 Å². The summed E-state index contributed by atoms with van der Waals surface area (Å²) in [6.07, 6.45) is 77.3. The van der Waals surface area contributed by atoms with Crippen molar-refractivity contribution >= 4 is 5.91 Å². The second-order valence-electron chi connectivity index (χ2n) is 26.1. The van der Waals surface area contributed by atoms with Crippen LogP contribution < -0.4 is 5.32 Å². The van der Waals surface area contributed by atoms with Crippen molar-refractivity contribution in [3.8, 4) is 0 Å². The number of nitrogens with one attached hydrogen (secondary N) is 1. The first-order chi connectivity index (χ1) is 40.8. The predicted molar refractivity (Wildman–Crippen MR) is 355 cm³/mol. The van der Waals surface area contributed by atoms with E-state index in [1.165, 1.54) is 327 Å². The SMILES string of the molecule is CCCCCCCCCC/C=C\CCCCCCCCCCCCCCCCCC(=O)NC(COC1OC(CO)C(O)C(O)C1O)C(O)/C=C/CCCCCCCCCCCCCCCCCCCCCCCCCCCCCCCCC. The van der Waals surface area contributed by atoms with Crippen LogP contribution in [0.3, 0.4) is 0 Å². The second kappa shape index (κ2) is 63.7. The molecule has 1 amide bonds. The summed E-state index contributed by atoms with van der Waals surface area (Å²) in [6.45, 7) is 3.84. The molecule has 0 aromatic rings. The van der Waals surface area contributed by atoms with Gasteiger partial charge in [-0.2, -0.15) is 0 Å². The van der Waals surface area contributed by atoms with Gasteiger partial charge in [0.15, 0.2) is 6.29 Å².